The van der Waals surface area contributed by atoms with Crippen molar-refractivity contribution in [1.29, 1.82) is 0 Å². The Hall–Kier alpha value is -13.0. The summed E-state index contributed by atoms with van der Waals surface area (Å²) in [5.41, 5.74) is 32.0. The van der Waals surface area contributed by atoms with Crippen LogP contribution in [0.15, 0.2) is 261 Å². The molecule has 0 aliphatic rings. The highest BCUT2D eigenvalue weighted by molar-refractivity contribution is 6.32. The van der Waals surface area contributed by atoms with E-state index in [2.05, 4.69) is 80.4 Å². The molecule has 117 heavy (non-hydrogen) atoms. The van der Waals surface area contributed by atoms with Crippen molar-refractivity contribution in [2.45, 2.75) is 81.1 Å². The van der Waals surface area contributed by atoms with Gasteiger partial charge in [-0.1, -0.05) is 189 Å². The van der Waals surface area contributed by atoms with E-state index in [0.717, 1.165) is 92.3 Å². The number of methoxy groups -OCH3 is 2. The molecule has 13 N–H and O–H groups in total. The van der Waals surface area contributed by atoms with Crippen LogP contribution in [0.2, 0.25) is 25.8 Å². The first-order valence-electron chi connectivity index (χ1n) is 36.2. The second kappa shape index (κ2) is 51.6. The number of benzene rings is 7. The molecule has 0 fully saturated rings. The highest BCUT2D eigenvalue weighted by atomic mass is 35.5. The van der Waals surface area contributed by atoms with Crippen LogP contribution in [0.25, 0.3) is 33.7 Å². The van der Waals surface area contributed by atoms with Crippen molar-refractivity contribution < 1.29 is 38.5 Å². The fourth-order valence-electron chi connectivity index (χ4n) is 9.77. The maximum Gasteiger partial charge on any atom is 0.310 e. The number of hydrogen-bond acceptors (Lipinski definition) is 21. The van der Waals surface area contributed by atoms with Gasteiger partial charge < -0.3 is 63.5 Å². The largest absolute Gasteiger partial charge is 0.497 e. The second-order valence-electron chi connectivity index (χ2n) is 24.3. The zero-order chi connectivity index (χ0) is 85.6. The maximum absolute atomic E-state index is 11.1. The molecular formula is C87H94Cl5N17O8. The lowest BCUT2D eigenvalue weighted by Gasteiger charge is -2.11. The Labute approximate surface area is 705 Å². The summed E-state index contributed by atoms with van der Waals surface area (Å²) in [7, 11) is 3.29. The number of para-hydroxylation sites is 10. The monoisotopic (exact) mass is 1680 g/mol. The number of nitrogens with one attached hydrogen (secondary N) is 4. The number of carbonyl (C=O) groups excluding carboxylic acids is 3. The molecular weight excluding hydrogens is 1590 g/mol. The van der Waals surface area contributed by atoms with Gasteiger partial charge in [-0.05, 0) is 184 Å². The maximum atomic E-state index is 11.1. The summed E-state index contributed by atoms with van der Waals surface area (Å²) in [6.07, 6.45) is 5.54. The summed E-state index contributed by atoms with van der Waals surface area (Å²) in [4.78, 5) is 69.8. The van der Waals surface area contributed by atoms with Crippen molar-refractivity contribution in [3.05, 3.63) is 298 Å². The van der Waals surface area contributed by atoms with Crippen molar-refractivity contribution in [3.63, 3.8) is 0 Å². The molecule has 0 radical (unpaired) electrons. The predicted octanol–water partition coefficient (Wildman–Crippen LogP) is 21.7. The Morgan fingerprint density at radius 3 is 1.12 bits per heavy atom. The summed E-state index contributed by atoms with van der Waals surface area (Å²) >= 11 is 28.4. The smallest absolute Gasteiger partial charge is 0.310 e. The van der Waals surface area contributed by atoms with E-state index in [4.69, 9.17) is 105 Å². The minimum atomic E-state index is -0.833. The van der Waals surface area contributed by atoms with Crippen molar-refractivity contribution in [2.75, 3.05) is 58.4 Å². The second-order valence-corrected chi connectivity index (χ2v) is 26.2. The quantitative estimate of drug-likeness (QED) is 0.0160. The molecule has 7 heterocycles. The molecule has 25 nitrogen and oxygen atoms in total. The molecule has 7 aromatic heterocycles. The molecule has 0 saturated heterocycles. The fraction of sp³-hybridized carbons (Fsp3) is 0.161. The number of esters is 2. The Bertz CT molecular complexity index is 5330. The topological polar surface area (TPSA) is 368 Å². The van der Waals surface area contributed by atoms with E-state index in [1.165, 1.54) is 46.5 Å². The van der Waals surface area contributed by atoms with Crippen LogP contribution in [0.3, 0.4) is 0 Å². The molecule has 0 aliphatic heterocycles. The first kappa shape index (κ1) is 94.6. The van der Waals surface area contributed by atoms with E-state index in [0.29, 0.717) is 60.2 Å². The van der Waals surface area contributed by atoms with Crippen LogP contribution in [0.5, 0.6) is 11.5 Å². The first-order valence-corrected chi connectivity index (χ1v) is 38.0. The molecule has 14 aromatic rings. The van der Waals surface area contributed by atoms with Crippen LogP contribution < -0.4 is 53.7 Å². The molecule has 14 rings (SSSR count). The number of nitrogens with zero attached hydrogens (tertiary/aromatic N) is 9. The van der Waals surface area contributed by atoms with Gasteiger partial charge in [-0.2, -0.15) is 0 Å². The van der Waals surface area contributed by atoms with E-state index in [-0.39, 0.29) is 5.91 Å². The number of halogens is 5. The summed E-state index contributed by atoms with van der Waals surface area (Å²) in [6, 6.07) is 80.5. The predicted molar refractivity (Wildman–Crippen MR) is 478 cm³/mol. The number of nitrogen functional groups attached to an aromatic ring is 4. The van der Waals surface area contributed by atoms with Gasteiger partial charge >= 0.3 is 11.9 Å². The summed E-state index contributed by atoms with van der Waals surface area (Å²) < 4.78 is 18.1. The number of unbranched alkanes of at least 4 members (excludes halogenated alkanes) is 3. The number of imidazole rings is 2. The van der Waals surface area contributed by atoms with Gasteiger partial charge in [-0.3, -0.25) is 28.3 Å². The average molecular weight is 1680 g/mol. The molecule has 0 spiro atoms. The number of carboxylic acid groups (broad SMARTS) is 1. The number of aromatic nitrogens is 9. The van der Waals surface area contributed by atoms with Crippen molar-refractivity contribution in [3.8, 4) is 23.1 Å². The lowest BCUT2D eigenvalue weighted by Crippen LogP contribution is -2.08. The zero-order valence-electron chi connectivity index (χ0n) is 66.2. The standard InChI is InChI=1S/C20H18N4O.C13H12ClN3O.C13H10ClN3.C11H10ClN3.C7H9NO.C6H8N2.C6H14.C5H3Cl2N.C4H6O3.C2H4O2/c1-14-21-17-6-3-4-7-18(17)24(14)20-9-5-8-19(23-20)22-15-10-12-16(25-2)13-11-15;1-9(18)15-10-5-2-3-6-11(10)16-13-8-4-7-12(14)17-13;1-9-15-10-5-2-3-6-11(10)17(9)13-8-4-7-12(14)16-13;12-10-6-3-7-11(15-10)14-9-5-2-1-4-8(9)13;1-9-7-4-2-6(8)3-5-7;7-5-3-1-2-4-6(5)8;1-3-5-6-4-2;6-4-2-1-3-5(7)8-4;1-3(5)7-4(2)6;1-2(3)4/h3-13H,1-2H3,(H,22,23);2-8H,1H3,(H,15,18)(H,16,17);2-8H,1H3;1-7H,13H2,(H,14,15);2-5H,8H2,1H3;1-4H,7-8H2;3-6H2,1-2H3;1-3H;1-2H3;1H3,(H,3,4). The minimum absolute atomic E-state index is 0.122. The lowest BCUT2D eigenvalue weighted by molar-refractivity contribution is -0.156. The number of anilines is 11. The molecule has 0 saturated carbocycles. The van der Waals surface area contributed by atoms with Gasteiger partial charge in [0.1, 0.15) is 78.0 Å². The SMILES string of the molecule is CC(=O)Nc1ccccc1Nc1cccc(Cl)n1.CC(=O)O.CC(=O)OC(C)=O.CCCCCC.COc1ccc(N)cc1.COc1ccc(Nc2cccc(-n3c(C)nc4ccccc43)n2)cc1.Cc1nc2ccccc2n1-c1cccc(Cl)n1.Clc1cccc(Cl)n1.Nc1ccccc1N.Nc1ccccc1Nc1cccc(Cl)n1. The number of pyridine rings is 5. The number of carbonyl (C=O) groups is 4. The summed E-state index contributed by atoms with van der Waals surface area (Å²) in [5, 5.41) is 21.9. The van der Waals surface area contributed by atoms with E-state index in [1.807, 2.05) is 200 Å². The first-order chi connectivity index (χ1) is 56.1. The normalized spacial score (nSPS) is 9.77. The minimum Gasteiger partial charge on any atom is -0.497 e. The van der Waals surface area contributed by atoms with Gasteiger partial charge in [0, 0.05) is 39.1 Å². The number of aliphatic carboxylic acids is 1. The van der Waals surface area contributed by atoms with Crippen LogP contribution in [-0.4, -0.2) is 87.2 Å². The Morgan fingerprint density at radius 2 is 0.735 bits per heavy atom. The molecule has 7 aromatic carbocycles. The van der Waals surface area contributed by atoms with Gasteiger partial charge in [0.25, 0.3) is 5.97 Å². The van der Waals surface area contributed by atoms with E-state index < -0.39 is 17.9 Å². The summed E-state index contributed by atoms with van der Waals surface area (Å²) in [5.74, 6) is 5.12. The molecule has 610 valence electrons. The Balaban J connectivity index is 0.000000242. The van der Waals surface area contributed by atoms with Gasteiger partial charge in [0.15, 0.2) is 0 Å². The van der Waals surface area contributed by atoms with Crippen molar-refractivity contribution >= 4 is 167 Å². The van der Waals surface area contributed by atoms with Crippen LogP contribution in [0.4, 0.5) is 63.0 Å². The molecule has 0 bridgehead atoms. The molecule has 0 unspecified atom stereocenters. The number of hydrogen-bond donors (Lipinski definition) is 9. The third-order valence-electron chi connectivity index (χ3n) is 14.9. The number of ether oxygens (including phenoxy) is 3. The summed E-state index contributed by atoms with van der Waals surface area (Å²) in [6.45, 7) is 13.3. The number of carboxylic acids is 1. The average Bonchev–Trinajstić information content (AvgIpc) is 1.65. The van der Waals surface area contributed by atoms with Crippen molar-refractivity contribution in [2.24, 2.45) is 0 Å². The van der Waals surface area contributed by atoms with Crippen LogP contribution in [-0.2, 0) is 23.9 Å². The number of aryl methyl sites for hydroxylation is 2. The third-order valence-corrected chi connectivity index (χ3v) is 16.0. The third kappa shape index (κ3) is 35.9. The highest BCUT2D eigenvalue weighted by Gasteiger charge is 2.13. The molecule has 30 heteroatoms. The van der Waals surface area contributed by atoms with Crippen molar-refractivity contribution in [1.82, 2.24) is 44.0 Å². The number of nitrogens with two attached hydrogens (primary N) is 4. The number of fused-ring (bicyclic) bond motifs is 2. The molecule has 0 aliphatic carbocycles. The molecule has 0 atom stereocenters. The fourth-order valence-corrected chi connectivity index (χ4v) is 10.6. The zero-order valence-corrected chi connectivity index (χ0v) is 70.0. The lowest BCUT2D eigenvalue weighted by atomic mass is 10.2. The van der Waals surface area contributed by atoms with Gasteiger partial charge in [0.05, 0.1) is 70.4 Å². The van der Waals surface area contributed by atoms with E-state index >= 15 is 0 Å². The Morgan fingerprint density at radius 1 is 0.385 bits per heavy atom. The Kier molecular flexibility index (Phi) is 41.7. The van der Waals surface area contributed by atoms with Gasteiger partial charge in [0.2, 0.25) is 5.91 Å². The van der Waals surface area contributed by atoms with Gasteiger partial charge in [-0.15, -0.1) is 0 Å². The molecule has 1 amide bonds. The van der Waals surface area contributed by atoms with Crippen LogP contribution in [0, 0.1) is 13.8 Å². The van der Waals surface area contributed by atoms with E-state index in [1.54, 1.807) is 87.0 Å². The highest BCUT2D eigenvalue weighted by Crippen LogP contribution is 2.28. The number of amides is 1. The number of rotatable bonds is 14. The van der Waals surface area contributed by atoms with Crippen LogP contribution in [0.1, 0.15) is 78.9 Å². The van der Waals surface area contributed by atoms with Gasteiger partial charge in [-0.25, -0.2) is 34.9 Å². The van der Waals surface area contributed by atoms with Crippen LogP contribution >= 0.6 is 58.0 Å². The van der Waals surface area contributed by atoms with E-state index in [9.17, 15) is 14.4 Å².